The van der Waals surface area contributed by atoms with E-state index in [4.69, 9.17) is 5.11 Å². The van der Waals surface area contributed by atoms with Crippen LogP contribution in [0.2, 0.25) is 0 Å². The number of carbonyl (C=O) groups excluding carboxylic acids is 1. The van der Waals surface area contributed by atoms with E-state index in [1.54, 1.807) is 6.08 Å². The van der Waals surface area contributed by atoms with Crippen molar-refractivity contribution in [2.45, 2.75) is 26.3 Å². The van der Waals surface area contributed by atoms with E-state index in [9.17, 15) is 14.0 Å². The number of halogens is 1. The third kappa shape index (κ3) is 4.30. The molecule has 0 radical (unpaired) electrons. The summed E-state index contributed by atoms with van der Waals surface area (Å²) >= 11 is 0. The zero-order valence-corrected chi connectivity index (χ0v) is 12.3. The molecule has 1 aromatic rings. The number of anilines is 1. The van der Waals surface area contributed by atoms with Crippen LogP contribution in [0.15, 0.2) is 30.9 Å². The molecule has 1 aromatic carbocycles. The van der Waals surface area contributed by atoms with Crippen LogP contribution in [0.1, 0.15) is 31.1 Å². The van der Waals surface area contributed by atoms with Gasteiger partial charge in [-0.1, -0.05) is 6.08 Å². The molecule has 114 valence electrons. The molecular weight excluding hydrogens is 275 g/mol. The van der Waals surface area contributed by atoms with Crippen LogP contribution in [0.4, 0.5) is 14.9 Å². The summed E-state index contributed by atoms with van der Waals surface area (Å²) in [4.78, 5) is 24.9. The van der Waals surface area contributed by atoms with Gasteiger partial charge in [0.25, 0.3) is 0 Å². The summed E-state index contributed by atoms with van der Waals surface area (Å²) in [6.07, 6.45) is 1.58. The molecule has 2 N–H and O–H groups in total. The van der Waals surface area contributed by atoms with E-state index >= 15 is 0 Å². The summed E-state index contributed by atoms with van der Waals surface area (Å²) < 4.78 is 13.1. The second-order valence-corrected chi connectivity index (χ2v) is 5.50. The Morgan fingerprint density at radius 2 is 2.05 bits per heavy atom. The maximum atomic E-state index is 13.1. The highest BCUT2D eigenvalue weighted by Crippen LogP contribution is 2.20. The van der Waals surface area contributed by atoms with E-state index in [2.05, 4.69) is 11.9 Å². The number of hydrogen-bond donors (Lipinski definition) is 2. The van der Waals surface area contributed by atoms with Gasteiger partial charge in [0.15, 0.2) is 0 Å². The van der Waals surface area contributed by atoms with Crippen LogP contribution in [0.5, 0.6) is 0 Å². The fraction of sp³-hybridized carbons (Fsp3) is 0.333. The average Bonchev–Trinajstić information content (AvgIpc) is 2.36. The van der Waals surface area contributed by atoms with Gasteiger partial charge in [-0.05, 0) is 39.0 Å². The van der Waals surface area contributed by atoms with Crippen LogP contribution in [-0.4, -0.2) is 34.1 Å². The van der Waals surface area contributed by atoms with Crippen molar-refractivity contribution in [3.05, 3.63) is 42.2 Å². The van der Waals surface area contributed by atoms with Gasteiger partial charge in [-0.2, -0.15) is 0 Å². The predicted molar refractivity (Wildman–Crippen MR) is 79.0 cm³/mol. The van der Waals surface area contributed by atoms with Gasteiger partial charge in [-0.25, -0.2) is 14.0 Å². The minimum atomic E-state index is -1.31. The van der Waals surface area contributed by atoms with Crippen LogP contribution in [0, 0.1) is 5.82 Å². The standard InChI is InChI=1S/C15H19FN2O3/c1-5-8-18(15(2,3)4)14(21)17-12-7-6-10(16)9-11(12)13(19)20/h5-7,9H,1,8H2,2-4H3,(H,17,21)(H,19,20). The monoisotopic (exact) mass is 294 g/mol. The number of carbonyl (C=O) groups is 2. The van der Waals surface area contributed by atoms with Crippen LogP contribution >= 0.6 is 0 Å². The number of carboxylic acids is 1. The number of nitrogens with one attached hydrogen (secondary N) is 1. The average molecular weight is 294 g/mol. The second-order valence-electron chi connectivity index (χ2n) is 5.50. The summed E-state index contributed by atoms with van der Waals surface area (Å²) in [5.41, 5.74) is -0.718. The lowest BCUT2D eigenvalue weighted by Crippen LogP contribution is -2.47. The molecule has 0 fully saturated rings. The molecule has 6 heteroatoms. The van der Waals surface area contributed by atoms with Gasteiger partial charge in [0, 0.05) is 12.1 Å². The molecule has 1 rings (SSSR count). The largest absolute Gasteiger partial charge is 0.478 e. The molecule has 0 aliphatic rings. The Morgan fingerprint density at radius 1 is 1.43 bits per heavy atom. The first-order chi connectivity index (χ1) is 9.66. The third-order valence-electron chi connectivity index (χ3n) is 2.82. The molecule has 0 saturated carbocycles. The Morgan fingerprint density at radius 3 is 2.52 bits per heavy atom. The number of rotatable bonds is 4. The number of hydrogen-bond acceptors (Lipinski definition) is 2. The van der Waals surface area contributed by atoms with Gasteiger partial charge in [0.1, 0.15) is 5.82 Å². The predicted octanol–water partition coefficient (Wildman–Crippen LogP) is 3.34. The van der Waals surface area contributed by atoms with Crippen molar-refractivity contribution in [2.24, 2.45) is 0 Å². The van der Waals surface area contributed by atoms with Crippen molar-refractivity contribution in [3.63, 3.8) is 0 Å². The highest BCUT2D eigenvalue weighted by atomic mass is 19.1. The summed E-state index contributed by atoms with van der Waals surface area (Å²) in [7, 11) is 0. The normalized spacial score (nSPS) is 10.9. The molecule has 0 bridgehead atoms. The molecule has 5 nitrogen and oxygen atoms in total. The van der Waals surface area contributed by atoms with Crippen molar-refractivity contribution >= 4 is 17.7 Å². The zero-order valence-electron chi connectivity index (χ0n) is 12.3. The minimum Gasteiger partial charge on any atom is -0.478 e. The van der Waals surface area contributed by atoms with Gasteiger partial charge in [-0.15, -0.1) is 6.58 Å². The van der Waals surface area contributed by atoms with Crippen LogP contribution in [0.25, 0.3) is 0 Å². The molecule has 0 atom stereocenters. The third-order valence-corrected chi connectivity index (χ3v) is 2.82. The van der Waals surface area contributed by atoms with Gasteiger partial charge < -0.3 is 15.3 Å². The van der Waals surface area contributed by atoms with Crippen LogP contribution in [0.3, 0.4) is 0 Å². The lowest BCUT2D eigenvalue weighted by molar-refractivity contribution is 0.0697. The van der Waals surface area contributed by atoms with E-state index in [1.807, 2.05) is 20.8 Å². The zero-order chi connectivity index (χ0) is 16.2. The van der Waals surface area contributed by atoms with Crippen molar-refractivity contribution in [3.8, 4) is 0 Å². The van der Waals surface area contributed by atoms with E-state index in [0.717, 1.165) is 12.1 Å². The Bertz CT molecular complexity index is 565. The van der Waals surface area contributed by atoms with E-state index in [1.165, 1.54) is 11.0 Å². The second kappa shape index (κ2) is 6.39. The molecule has 2 amide bonds. The fourth-order valence-electron chi connectivity index (χ4n) is 1.78. The SMILES string of the molecule is C=CCN(C(=O)Nc1ccc(F)cc1C(=O)O)C(C)(C)C. The van der Waals surface area contributed by atoms with Crippen molar-refractivity contribution < 1.29 is 19.1 Å². The van der Waals surface area contributed by atoms with Crippen molar-refractivity contribution in [1.29, 1.82) is 0 Å². The summed E-state index contributed by atoms with van der Waals surface area (Å²) in [5.74, 6) is -1.99. The molecule has 0 aliphatic heterocycles. The van der Waals surface area contributed by atoms with Gasteiger partial charge in [-0.3, -0.25) is 0 Å². The minimum absolute atomic E-state index is 0.0483. The molecule has 0 heterocycles. The van der Waals surface area contributed by atoms with Crippen LogP contribution in [-0.2, 0) is 0 Å². The van der Waals surface area contributed by atoms with E-state index in [0.29, 0.717) is 6.54 Å². The fourth-order valence-corrected chi connectivity index (χ4v) is 1.78. The molecule has 0 unspecified atom stereocenters. The molecule has 0 saturated heterocycles. The Kier molecular flexibility index (Phi) is 5.07. The quantitative estimate of drug-likeness (QED) is 0.837. The maximum Gasteiger partial charge on any atom is 0.337 e. The van der Waals surface area contributed by atoms with E-state index in [-0.39, 0.29) is 11.3 Å². The van der Waals surface area contributed by atoms with Crippen molar-refractivity contribution in [1.82, 2.24) is 4.90 Å². The van der Waals surface area contributed by atoms with Gasteiger partial charge >= 0.3 is 12.0 Å². The lowest BCUT2D eigenvalue weighted by Gasteiger charge is -2.35. The smallest absolute Gasteiger partial charge is 0.337 e. The number of carboxylic acid groups (broad SMARTS) is 1. The highest BCUT2D eigenvalue weighted by Gasteiger charge is 2.26. The number of urea groups is 1. The lowest BCUT2D eigenvalue weighted by atomic mass is 10.1. The first-order valence-electron chi connectivity index (χ1n) is 6.39. The number of nitrogens with zero attached hydrogens (tertiary/aromatic N) is 1. The molecular formula is C15H19FN2O3. The molecule has 0 aromatic heterocycles. The van der Waals surface area contributed by atoms with Crippen molar-refractivity contribution in [2.75, 3.05) is 11.9 Å². The van der Waals surface area contributed by atoms with Crippen LogP contribution < -0.4 is 5.32 Å². The topological polar surface area (TPSA) is 69.6 Å². The first-order valence-corrected chi connectivity index (χ1v) is 6.39. The maximum absolute atomic E-state index is 13.1. The molecule has 0 aliphatic carbocycles. The molecule has 0 spiro atoms. The number of benzene rings is 1. The Balaban J connectivity index is 3.07. The summed E-state index contributed by atoms with van der Waals surface area (Å²) in [5, 5.41) is 11.6. The molecule has 21 heavy (non-hydrogen) atoms. The number of amides is 2. The Labute approximate surface area is 123 Å². The van der Waals surface area contributed by atoms with Gasteiger partial charge in [0.05, 0.1) is 11.3 Å². The van der Waals surface area contributed by atoms with E-state index < -0.39 is 23.4 Å². The Hall–Kier alpha value is -2.37. The number of aromatic carboxylic acids is 1. The highest BCUT2D eigenvalue weighted by molar-refractivity contribution is 6.00. The first kappa shape index (κ1) is 16.7. The summed E-state index contributed by atoms with van der Waals surface area (Å²) in [6.45, 7) is 9.44. The summed E-state index contributed by atoms with van der Waals surface area (Å²) in [6, 6.07) is 2.71. The van der Waals surface area contributed by atoms with Gasteiger partial charge in [0.2, 0.25) is 0 Å².